The van der Waals surface area contributed by atoms with Crippen molar-refractivity contribution in [2.75, 3.05) is 20.3 Å². The Morgan fingerprint density at radius 2 is 2.30 bits per heavy atom. The third-order valence-corrected chi connectivity index (χ3v) is 5.94. The van der Waals surface area contributed by atoms with Crippen LogP contribution in [0.3, 0.4) is 0 Å². The quantitative estimate of drug-likeness (QED) is 0.819. The van der Waals surface area contributed by atoms with Crippen LogP contribution < -0.4 is 0 Å². The number of ether oxygens (including phenoxy) is 2. The van der Waals surface area contributed by atoms with Crippen LogP contribution in [0.4, 0.5) is 0 Å². The molecular weight excluding hydrogens is 280 g/mol. The molecule has 1 saturated heterocycles. The third kappa shape index (κ3) is 2.24. The van der Waals surface area contributed by atoms with Crippen molar-refractivity contribution in [3.05, 3.63) is 24.5 Å². The minimum atomic E-state index is -3.51. The molecule has 0 aromatic carbocycles. The largest absolute Gasteiger partial charge is 0.379 e. The number of hydrogen-bond donors (Lipinski definition) is 0. The molecule has 1 aromatic heterocycles. The summed E-state index contributed by atoms with van der Waals surface area (Å²) in [6, 6.07) is 3.08. The van der Waals surface area contributed by atoms with Crippen LogP contribution >= 0.6 is 0 Å². The van der Waals surface area contributed by atoms with E-state index in [0.29, 0.717) is 13.2 Å². The Morgan fingerprint density at radius 3 is 3.00 bits per heavy atom. The minimum Gasteiger partial charge on any atom is -0.379 e. The molecule has 1 aliphatic carbocycles. The molecule has 7 heteroatoms. The molecule has 3 rings (SSSR count). The minimum absolute atomic E-state index is 0.0214. The van der Waals surface area contributed by atoms with E-state index >= 15 is 0 Å². The summed E-state index contributed by atoms with van der Waals surface area (Å²) in [5.74, 6) is 0. The fraction of sp³-hybridized carbons (Fsp3) is 0.615. The van der Waals surface area contributed by atoms with Crippen LogP contribution in [0.15, 0.2) is 29.4 Å². The van der Waals surface area contributed by atoms with Gasteiger partial charge in [0.15, 0.2) is 0 Å². The topological polar surface area (TPSA) is 68.7 Å². The lowest BCUT2D eigenvalue weighted by atomic mass is 10.2. The molecule has 0 N–H and O–H groups in total. The van der Waals surface area contributed by atoms with Gasteiger partial charge in [0.2, 0.25) is 10.0 Å². The zero-order valence-corrected chi connectivity index (χ0v) is 12.1. The van der Waals surface area contributed by atoms with Gasteiger partial charge >= 0.3 is 0 Å². The van der Waals surface area contributed by atoms with E-state index in [-0.39, 0.29) is 23.1 Å². The van der Waals surface area contributed by atoms with Gasteiger partial charge < -0.3 is 9.47 Å². The molecule has 0 radical (unpaired) electrons. The van der Waals surface area contributed by atoms with E-state index in [1.807, 2.05) is 0 Å². The number of morpholine rings is 1. The number of methoxy groups -OCH3 is 1. The van der Waals surface area contributed by atoms with E-state index in [2.05, 4.69) is 4.98 Å². The number of hydrogen-bond acceptors (Lipinski definition) is 5. The normalized spacial score (nSPS) is 31.1. The van der Waals surface area contributed by atoms with Crippen molar-refractivity contribution >= 4 is 10.0 Å². The standard InChI is InChI=1S/C13H18N2O4S/c1-18-12-5-4-11-13(12)19-8-7-15(11)20(16,17)10-3-2-6-14-9-10/h2-3,6,9,11-13H,4-5,7-8H2,1H3/t11-,12-,13+/m0/s1. The SMILES string of the molecule is CO[C@H]1CC[C@H]2[C@H]1OCCN2S(=O)(=O)c1cccnc1. The molecule has 2 fully saturated rings. The second-order valence-corrected chi connectivity index (χ2v) is 6.95. The first kappa shape index (κ1) is 13.9. The van der Waals surface area contributed by atoms with Gasteiger partial charge in [0.1, 0.15) is 11.0 Å². The van der Waals surface area contributed by atoms with E-state index in [1.165, 1.54) is 6.20 Å². The van der Waals surface area contributed by atoms with Crippen molar-refractivity contribution in [3.63, 3.8) is 0 Å². The summed E-state index contributed by atoms with van der Waals surface area (Å²) in [7, 11) is -1.87. The summed E-state index contributed by atoms with van der Waals surface area (Å²) in [6.45, 7) is 0.787. The second kappa shape index (κ2) is 5.40. The Kier molecular flexibility index (Phi) is 3.76. The molecule has 0 unspecified atom stereocenters. The van der Waals surface area contributed by atoms with Gasteiger partial charge in [-0.15, -0.1) is 0 Å². The number of sulfonamides is 1. The average Bonchev–Trinajstić information content (AvgIpc) is 2.91. The number of rotatable bonds is 3. The molecule has 20 heavy (non-hydrogen) atoms. The molecule has 1 aromatic rings. The van der Waals surface area contributed by atoms with Gasteiger partial charge in [-0.2, -0.15) is 4.31 Å². The number of pyridine rings is 1. The Hall–Kier alpha value is -1.02. The highest BCUT2D eigenvalue weighted by atomic mass is 32.2. The molecule has 6 nitrogen and oxygen atoms in total. The summed E-state index contributed by atoms with van der Waals surface area (Å²) in [4.78, 5) is 4.14. The van der Waals surface area contributed by atoms with Crippen molar-refractivity contribution in [1.82, 2.24) is 9.29 Å². The summed E-state index contributed by atoms with van der Waals surface area (Å²) in [6.07, 6.45) is 4.36. The summed E-state index contributed by atoms with van der Waals surface area (Å²) in [5, 5.41) is 0. The summed E-state index contributed by atoms with van der Waals surface area (Å²) < 4.78 is 38.1. The van der Waals surface area contributed by atoms with Crippen molar-refractivity contribution < 1.29 is 17.9 Å². The predicted octanol–water partition coefficient (Wildman–Crippen LogP) is 0.648. The van der Waals surface area contributed by atoms with Crippen LogP contribution in [0.5, 0.6) is 0 Å². The average molecular weight is 298 g/mol. The first-order valence-corrected chi connectivity index (χ1v) is 8.15. The predicted molar refractivity (Wildman–Crippen MR) is 71.7 cm³/mol. The molecular formula is C13H18N2O4S. The fourth-order valence-electron chi connectivity index (χ4n) is 3.07. The van der Waals surface area contributed by atoms with Crippen molar-refractivity contribution in [2.45, 2.75) is 36.0 Å². The zero-order chi connectivity index (χ0) is 14.2. The van der Waals surface area contributed by atoms with Gasteiger partial charge in [0, 0.05) is 26.0 Å². The van der Waals surface area contributed by atoms with E-state index in [9.17, 15) is 8.42 Å². The van der Waals surface area contributed by atoms with Gasteiger partial charge in [-0.3, -0.25) is 4.98 Å². The number of nitrogens with zero attached hydrogens (tertiary/aromatic N) is 2. The van der Waals surface area contributed by atoms with Gasteiger partial charge in [-0.05, 0) is 25.0 Å². The first-order valence-electron chi connectivity index (χ1n) is 6.71. The van der Waals surface area contributed by atoms with Crippen LogP contribution in [-0.4, -0.2) is 56.2 Å². The van der Waals surface area contributed by atoms with Crippen molar-refractivity contribution in [2.24, 2.45) is 0 Å². The molecule has 2 heterocycles. The van der Waals surface area contributed by atoms with Gasteiger partial charge in [-0.25, -0.2) is 8.42 Å². The monoisotopic (exact) mass is 298 g/mol. The van der Waals surface area contributed by atoms with E-state index < -0.39 is 10.0 Å². The van der Waals surface area contributed by atoms with Crippen LogP contribution in [-0.2, 0) is 19.5 Å². The first-order chi connectivity index (χ1) is 9.64. The molecule has 110 valence electrons. The second-order valence-electron chi connectivity index (χ2n) is 5.06. The highest BCUT2D eigenvalue weighted by Gasteiger charge is 2.47. The molecule has 1 saturated carbocycles. The van der Waals surface area contributed by atoms with Crippen molar-refractivity contribution in [1.29, 1.82) is 0 Å². The van der Waals surface area contributed by atoms with E-state index in [1.54, 1.807) is 29.7 Å². The van der Waals surface area contributed by atoms with E-state index in [4.69, 9.17) is 9.47 Å². The number of aromatic nitrogens is 1. The lowest BCUT2D eigenvalue weighted by Crippen LogP contribution is -2.53. The Balaban J connectivity index is 1.90. The number of fused-ring (bicyclic) bond motifs is 1. The van der Waals surface area contributed by atoms with Gasteiger partial charge in [-0.1, -0.05) is 0 Å². The third-order valence-electron chi connectivity index (χ3n) is 4.03. The van der Waals surface area contributed by atoms with Crippen LogP contribution in [0.1, 0.15) is 12.8 Å². The van der Waals surface area contributed by atoms with Crippen LogP contribution in [0, 0.1) is 0 Å². The maximum atomic E-state index is 12.7. The Morgan fingerprint density at radius 1 is 1.45 bits per heavy atom. The Bertz CT molecular complexity index is 563. The zero-order valence-electron chi connectivity index (χ0n) is 11.3. The fourth-order valence-corrected chi connectivity index (χ4v) is 4.68. The van der Waals surface area contributed by atoms with Crippen molar-refractivity contribution in [3.8, 4) is 0 Å². The molecule has 0 amide bonds. The maximum absolute atomic E-state index is 12.7. The lowest BCUT2D eigenvalue weighted by Gasteiger charge is -2.37. The molecule has 3 atom stereocenters. The molecule has 0 spiro atoms. The molecule has 0 bridgehead atoms. The van der Waals surface area contributed by atoms with Gasteiger partial charge in [0.25, 0.3) is 0 Å². The Labute approximate surface area is 118 Å². The van der Waals surface area contributed by atoms with Crippen LogP contribution in [0.2, 0.25) is 0 Å². The van der Waals surface area contributed by atoms with Gasteiger partial charge in [0.05, 0.1) is 18.8 Å². The highest BCUT2D eigenvalue weighted by molar-refractivity contribution is 7.89. The smallest absolute Gasteiger partial charge is 0.245 e. The van der Waals surface area contributed by atoms with Crippen LogP contribution in [0.25, 0.3) is 0 Å². The summed E-state index contributed by atoms with van der Waals surface area (Å²) >= 11 is 0. The molecule has 1 aliphatic heterocycles. The van der Waals surface area contributed by atoms with E-state index in [0.717, 1.165) is 12.8 Å². The molecule has 2 aliphatic rings. The summed E-state index contributed by atoms with van der Waals surface area (Å²) in [5.41, 5.74) is 0. The maximum Gasteiger partial charge on any atom is 0.245 e. The highest BCUT2D eigenvalue weighted by Crippen LogP contribution is 2.34. The lowest BCUT2D eigenvalue weighted by molar-refractivity contribution is -0.0848.